The Morgan fingerprint density at radius 3 is 2.35 bits per heavy atom. The Hall–Kier alpha value is -1.35. The summed E-state index contributed by atoms with van der Waals surface area (Å²) in [5.41, 5.74) is 1.80. The molecule has 1 unspecified atom stereocenters. The molecular weight excluding hydrogens is 214 g/mol. The quantitative estimate of drug-likeness (QED) is 0.821. The normalized spacial score (nSPS) is 12.5. The molecule has 0 saturated carbocycles. The molecule has 1 aromatic rings. The Labute approximate surface area is 103 Å². The molecule has 2 N–H and O–H groups in total. The molecule has 0 heterocycles. The van der Waals surface area contributed by atoms with Crippen LogP contribution in [0.15, 0.2) is 24.3 Å². The van der Waals surface area contributed by atoms with Crippen LogP contribution in [0.5, 0.6) is 0 Å². The van der Waals surface area contributed by atoms with E-state index in [2.05, 4.69) is 5.32 Å². The first kappa shape index (κ1) is 13.7. The number of aliphatic hydroxyl groups excluding tert-OH is 1. The van der Waals surface area contributed by atoms with Gasteiger partial charge in [0.05, 0.1) is 0 Å². The van der Waals surface area contributed by atoms with E-state index in [9.17, 15) is 4.79 Å². The van der Waals surface area contributed by atoms with E-state index >= 15 is 0 Å². The number of rotatable bonds is 5. The first-order valence-corrected chi connectivity index (χ1v) is 6.03. The molecule has 1 atom stereocenters. The average molecular weight is 235 g/mol. The molecule has 3 nitrogen and oxygen atoms in total. The minimum absolute atomic E-state index is 0.0220. The van der Waals surface area contributed by atoms with E-state index in [-0.39, 0.29) is 18.6 Å². The van der Waals surface area contributed by atoms with Crippen molar-refractivity contribution < 1.29 is 9.90 Å². The zero-order valence-electron chi connectivity index (χ0n) is 10.7. The summed E-state index contributed by atoms with van der Waals surface area (Å²) in [7, 11) is 0. The van der Waals surface area contributed by atoms with E-state index in [1.54, 1.807) is 0 Å². The number of nitrogens with one attached hydrogen (secondary N) is 1. The maximum atomic E-state index is 12.0. The lowest BCUT2D eigenvalue weighted by Gasteiger charge is -2.21. The number of carbonyl (C=O) groups excluding carboxylic acids is 1. The van der Waals surface area contributed by atoms with E-state index < -0.39 is 0 Å². The average Bonchev–Trinajstić information content (AvgIpc) is 2.29. The highest BCUT2D eigenvalue weighted by molar-refractivity contribution is 5.94. The summed E-state index contributed by atoms with van der Waals surface area (Å²) in [4.78, 5) is 12.0. The van der Waals surface area contributed by atoms with Gasteiger partial charge < -0.3 is 10.4 Å². The summed E-state index contributed by atoms with van der Waals surface area (Å²) < 4.78 is 0. The monoisotopic (exact) mass is 235 g/mol. The van der Waals surface area contributed by atoms with Gasteiger partial charge in [-0.15, -0.1) is 0 Å². The molecule has 17 heavy (non-hydrogen) atoms. The van der Waals surface area contributed by atoms with Gasteiger partial charge in [0.15, 0.2) is 0 Å². The number of carbonyl (C=O) groups is 1. The minimum atomic E-state index is -0.0721. The summed E-state index contributed by atoms with van der Waals surface area (Å²) in [5, 5.41) is 11.9. The van der Waals surface area contributed by atoms with Crippen molar-refractivity contribution in [1.82, 2.24) is 5.32 Å². The Morgan fingerprint density at radius 2 is 1.88 bits per heavy atom. The maximum Gasteiger partial charge on any atom is 0.251 e. The molecule has 0 aliphatic carbocycles. The van der Waals surface area contributed by atoms with Crippen LogP contribution in [-0.4, -0.2) is 23.7 Å². The van der Waals surface area contributed by atoms with Crippen LogP contribution in [0.1, 0.15) is 36.2 Å². The Morgan fingerprint density at radius 1 is 1.29 bits per heavy atom. The molecule has 0 bridgehead atoms. The minimum Gasteiger partial charge on any atom is -0.396 e. The van der Waals surface area contributed by atoms with E-state index in [0.29, 0.717) is 17.9 Å². The SMILES string of the molecule is Cc1ccc(C(=O)NC(CCO)C(C)C)cc1. The zero-order valence-corrected chi connectivity index (χ0v) is 10.7. The predicted octanol–water partition coefficient (Wildman–Crippen LogP) is 2.13. The fraction of sp³-hybridized carbons (Fsp3) is 0.500. The Kier molecular flexibility index (Phi) is 5.16. The van der Waals surface area contributed by atoms with Crippen molar-refractivity contribution in [1.29, 1.82) is 0 Å². The molecule has 0 aliphatic heterocycles. The summed E-state index contributed by atoms with van der Waals surface area (Å²) in [6, 6.07) is 7.51. The third-order valence-electron chi connectivity index (χ3n) is 2.88. The highest BCUT2D eigenvalue weighted by atomic mass is 16.3. The van der Waals surface area contributed by atoms with Crippen LogP contribution in [0.25, 0.3) is 0 Å². The Balaban J connectivity index is 2.66. The number of amides is 1. The number of hydrogen-bond donors (Lipinski definition) is 2. The van der Waals surface area contributed by atoms with Gasteiger partial charge in [-0.25, -0.2) is 0 Å². The van der Waals surface area contributed by atoms with Crippen LogP contribution in [0.3, 0.4) is 0 Å². The molecule has 0 aromatic heterocycles. The van der Waals surface area contributed by atoms with Crippen molar-refractivity contribution in [3.63, 3.8) is 0 Å². The lowest BCUT2D eigenvalue weighted by Crippen LogP contribution is -2.39. The van der Waals surface area contributed by atoms with Crippen molar-refractivity contribution in [3.8, 4) is 0 Å². The van der Waals surface area contributed by atoms with Gasteiger partial charge in [-0.1, -0.05) is 31.5 Å². The second-order valence-corrected chi connectivity index (χ2v) is 4.70. The second-order valence-electron chi connectivity index (χ2n) is 4.70. The van der Waals surface area contributed by atoms with Crippen LogP contribution in [0.2, 0.25) is 0 Å². The molecule has 0 radical (unpaired) electrons. The van der Waals surface area contributed by atoms with Crippen molar-refractivity contribution in [2.45, 2.75) is 33.2 Å². The van der Waals surface area contributed by atoms with Crippen LogP contribution in [0, 0.1) is 12.8 Å². The third-order valence-corrected chi connectivity index (χ3v) is 2.88. The van der Waals surface area contributed by atoms with Crippen LogP contribution in [-0.2, 0) is 0 Å². The molecule has 1 amide bonds. The lowest BCUT2D eigenvalue weighted by atomic mass is 10.0. The van der Waals surface area contributed by atoms with Crippen molar-refractivity contribution in [2.75, 3.05) is 6.61 Å². The largest absolute Gasteiger partial charge is 0.396 e. The van der Waals surface area contributed by atoms with Gasteiger partial charge >= 0.3 is 0 Å². The zero-order chi connectivity index (χ0) is 12.8. The first-order chi connectivity index (χ1) is 8.04. The molecule has 0 spiro atoms. The van der Waals surface area contributed by atoms with Gasteiger partial charge in [0.2, 0.25) is 0 Å². The number of hydrogen-bond acceptors (Lipinski definition) is 2. The van der Waals surface area contributed by atoms with E-state index in [4.69, 9.17) is 5.11 Å². The molecular formula is C14H21NO2. The van der Waals surface area contributed by atoms with E-state index in [1.165, 1.54) is 0 Å². The number of aryl methyl sites for hydroxylation is 1. The summed E-state index contributed by atoms with van der Waals surface area (Å²) in [5.74, 6) is 0.244. The highest BCUT2D eigenvalue weighted by Gasteiger charge is 2.16. The van der Waals surface area contributed by atoms with Crippen LogP contribution in [0.4, 0.5) is 0 Å². The first-order valence-electron chi connectivity index (χ1n) is 6.03. The van der Waals surface area contributed by atoms with Gasteiger partial charge in [-0.2, -0.15) is 0 Å². The Bertz CT molecular complexity index is 357. The number of aliphatic hydroxyl groups is 1. The van der Waals surface area contributed by atoms with E-state index in [1.807, 2.05) is 45.0 Å². The van der Waals surface area contributed by atoms with Gasteiger partial charge in [-0.3, -0.25) is 4.79 Å². The van der Waals surface area contributed by atoms with Gasteiger partial charge in [-0.05, 0) is 31.4 Å². The van der Waals surface area contributed by atoms with E-state index in [0.717, 1.165) is 5.56 Å². The fourth-order valence-corrected chi connectivity index (χ4v) is 1.67. The third kappa shape index (κ3) is 4.19. The molecule has 3 heteroatoms. The van der Waals surface area contributed by atoms with Crippen LogP contribution < -0.4 is 5.32 Å². The summed E-state index contributed by atoms with van der Waals surface area (Å²) in [6.07, 6.45) is 0.593. The molecule has 94 valence electrons. The standard InChI is InChI=1S/C14H21NO2/c1-10(2)13(8-9-16)15-14(17)12-6-4-11(3)5-7-12/h4-7,10,13,16H,8-9H2,1-3H3,(H,15,17). The highest BCUT2D eigenvalue weighted by Crippen LogP contribution is 2.08. The van der Waals surface area contributed by atoms with Gasteiger partial charge in [0.1, 0.15) is 0 Å². The van der Waals surface area contributed by atoms with Crippen LogP contribution >= 0.6 is 0 Å². The van der Waals surface area contributed by atoms with Crippen molar-refractivity contribution in [3.05, 3.63) is 35.4 Å². The molecule has 1 rings (SSSR count). The molecule has 0 fully saturated rings. The summed E-state index contributed by atoms with van der Waals surface area (Å²) >= 11 is 0. The second kappa shape index (κ2) is 6.40. The molecule has 0 saturated heterocycles. The van der Waals surface area contributed by atoms with Gasteiger partial charge in [0, 0.05) is 18.2 Å². The maximum absolute atomic E-state index is 12.0. The predicted molar refractivity (Wildman–Crippen MR) is 69.0 cm³/mol. The van der Waals surface area contributed by atoms with Crippen molar-refractivity contribution >= 4 is 5.91 Å². The summed E-state index contributed by atoms with van der Waals surface area (Å²) in [6.45, 7) is 6.16. The smallest absolute Gasteiger partial charge is 0.251 e. The topological polar surface area (TPSA) is 49.3 Å². The van der Waals surface area contributed by atoms with Crippen molar-refractivity contribution in [2.24, 2.45) is 5.92 Å². The molecule has 0 aliphatic rings. The van der Waals surface area contributed by atoms with Gasteiger partial charge in [0.25, 0.3) is 5.91 Å². The lowest BCUT2D eigenvalue weighted by molar-refractivity contribution is 0.0916. The number of benzene rings is 1. The fourth-order valence-electron chi connectivity index (χ4n) is 1.67. The molecule has 1 aromatic carbocycles.